The highest BCUT2D eigenvalue weighted by Crippen LogP contribution is 2.18. The quantitative estimate of drug-likeness (QED) is 0.586. The van der Waals surface area contributed by atoms with Gasteiger partial charge in [0, 0.05) is 23.4 Å². The van der Waals surface area contributed by atoms with Crippen molar-refractivity contribution in [2.24, 2.45) is 0 Å². The number of benzene rings is 2. The molecule has 0 unspecified atom stereocenters. The van der Waals surface area contributed by atoms with Crippen LogP contribution in [-0.4, -0.2) is 18.4 Å². The molecule has 3 aromatic rings. The van der Waals surface area contributed by atoms with Gasteiger partial charge in [-0.1, -0.05) is 24.3 Å². The lowest BCUT2D eigenvalue weighted by molar-refractivity contribution is -0.113. The smallest absolute Gasteiger partial charge is 0.272 e. The zero-order chi connectivity index (χ0) is 20.6. The van der Waals surface area contributed by atoms with Crippen molar-refractivity contribution in [3.63, 3.8) is 0 Å². The molecule has 0 saturated heterocycles. The Morgan fingerprint density at radius 1 is 1.07 bits per heavy atom. The highest BCUT2D eigenvalue weighted by atomic mass is 16.5. The van der Waals surface area contributed by atoms with Gasteiger partial charge in [-0.05, 0) is 49.7 Å². The van der Waals surface area contributed by atoms with Crippen LogP contribution in [0.15, 0.2) is 77.0 Å². The predicted octanol–water partition coefficient (Wildman–Crippen LogP) is 4.40. The van der Waals surface area contributed by atoms with Crippen LogP contribution < -0.4 is 15.4 Å². The fourth-order valence-electron chi connectivity index (χ4n) is 2.72. The van der Waals surface area contributed by atoms with Crippen LogP contribution >= 0.6 is 0 Å². The van der Waals surface area contributed by atoms with Crippen molar-refractivity contribution in [3.05, 3.63) is 89.5 Å². The second-order valence-electron chi connectivity index (χ2n) is 6.26. The summed E-state index contributed by atoms with van der Waals surface area (Å²) in [6.45, 7) is 4.24. The average molecular weight is 390 g/mol. The minimum absolute atomic E-state index is 0.0648. The third-order valence-corrected chi connectivity index (χ3v) is 4.12. The minimum Gasteiger partial charge on any atom is -0.494 e. The number of rotatable bonds is 7. The van der Waals surface area contributed by atoms with E-state index in [1.54, 1.807) is 48.5 Å². The number of hydrogen-bond donors (Lipinski definition) is 2. The van der Waals surface area contributed by atoms with E-state index in [4.69, 9.17) is 9.15 Å². The second-order valence-corrected chi connectivity index (χ2v) is 6.26. The molecular formula is C23H22N2O4. The Kier molecular flexibility index (Phi) is 6.47. The number of carbonyl (C=O) groups excluding carboxylic acids is 2. The highest BCUT2D eigenvalue weighted by molar-refractivity contribution is 6.10. The van der Waals surface area contributed by atoms with Gasteiger partial charge in [-0.2, -0.15) is 0 Å². The molecule has 1 aromatic heterocycles. The number of furan rings is 1. The zero-order valence-electron chi connectivity index (χ0n) is 16.3. The lowest BCUT2D eigenvalue weighted by Crippen LogP contribution is -2.31. The molecule has 0 radical (unpaired) electrons. The van der Waals surface area contributed by atoms with E-state index in [0.29, 0.717) is 29.4 Å². The number of anilines is 1. The van der Waals surface area contributed by atoms with Crippen molar-refractivity contribution in [2.75, 3.05) is 11.9 Å². The van der Waals surface area contributed by atoms with E-state index < -0.39 is 5.91 Å². The average Bonchev–Trinajstić information content (AvgIpc) is 3.21. The molecule has 6 heteroatoms. The third-order valence-electron chi connectivity index (χ3n) is 4.12. The minimum atomic E-state index is -0.475. The summed E-state index contributed by atoms with van der Waals surface area (Å²) >= 11 is 0. The maximum atomic E-state index is 12.9. The van der Waals surface area contributed by atoms with Crippen LogP contribution in [0.5, 0.6) is 5.75 Å². The third kappa shape index (κ3) is 5.35. The molecule has 3 rings (SSSR count). The van der Waals surface area contributed by atoms with Crippen molar-refractivity contribution in [1.29, 1.82) is 0 Å². The number of amides is 2. The standard InChI is InChI=1S/C23H22N2O4/c1-3-28-18-10-6-9-17(14-18)24-23(27)21(15-19-11-7-13-29-19)25-22(26)20-12-5-4-8-16(20)2/h4-15H,3H2,1-2H3,(H,24,27)(H,25,26)/b21-15-. The summed E-state index contributed by atoms with van der Waals surface area (Å²) in [7, 11) is 0. The summed E-state index contributed by atoms with van der Waals surface area (Å²) in [4.78, 5) is 25.6. The van der Waals surface area contributed by atoms with Crippen molar-refractivity contribution in [3.8, 4) is 5.75 Å². The van der Waals surface area contributed by atoms with Gasteiger partial charge in [0.1, 0.15) is 17.2 Å². The van der Waals surface area contributed by atoms with Gasteiger partial charge in [0.25, 0.3) is 11.8 Å². The molecule has 0 aliphatic heterocycles. The van der Waals surface area contributed by atoms with Crippen LogP contribution in [0.3, 0.4) is 0 Å². The van der Waals surface area contributed by atoms with Gasteiger partial charge in [-0.25, -0.2) is 0 Å². The van der Waals surface area contributed by atoms with E-state index in [0.717, 1.165) is 5.56 Å². The van der Waals surface area contributed by atoms with E-state index in [1.807, 2.05) is 26.0 Å². The van der Waals surface area contributed by atoms with Crippen molar-refractivity contribution in [2.45, 2.75) is 13.8 Å². The van der Waals surface area contributed by atoms with Crippen LogP contribution in [0.1, 0.15) is 28.6 Å². The molecule has 0 spiro atoms. The molecule has 0 atom stereocenters. The Bertz CT molecular complexity index is 1020. The monoisotopic (exact) mass is 390 g/mol. The van der Waals surface area contributed by atoms with Gasteiger partial charge >= 0.3 is 0 Å². The Hall–Kier alpha value is -3.80. The molecule has 2 N–H and O–H groups in total. The lowest BCUT2D eigenvalue weighted by Gasteiger charge is -2.12. The largest absolute Gasteiger partial charge is 0.494 e. The molecule has 2 aromatic carbocycles. The van der Waals surface area contributed by atoms with E-state index in [9.17, 15) is 9.59 Å². The van der Waals surface area contributed by atoms with Crippen LogP contribution in [0.4, 0.5) is 5.69 Å². The summed E-state index contributed by atoms with van der Waals surface area (Å²) in [5, 5.41) is 5.47. The van der Waals surface area contributed by atoms with Crippen molar-refractivity contribution in [1.82, 2.24) is 5.32 Å². The van der Waals surface area contributed by atoms with Gasteiger partial charge in [0.05, 0.1) is 12.9 Å². The van der Waals surface area contributed by atoms with Gasteiger partial charge in [0.15, 0.2) is 0 Å². The van der Waals surface area contributed by atoms with Crippen LogP contribution in [-0.2, 0) is 4.79 Å². The van der Waals surface area contributed by atoms with E-state index in [2.05, 4.69) is 10.6 Å². The predicted molar refractivity (Wildman–Crippen MR) is 112 cm³/mol. The Morgan fingerprint density at radius 3 is 2.62 bits per heavy atom. The first-order chi connectivity index (χ1) is 14.1. The molecule has 0 bridgehead atoms. The van der Waals surface area contributed by atoms with Crippen LogP contribution in [0.2, 0.25) is 0 Å². The zero-order valence-corrected chi connectivity index (χ0v) is 16.3. The highest BCUT2D eigenvalue weighted by Gasteiger charge is 2.17. The van der Waals surface area contributed by atoms with E-state index in [-0.39, 0.29) is 11.6 Å². The Morgan fingerprint density at radius 2 is 1.90 bits per heavy atom. The fourth-order valence-corrected chi connectivity index (χ4v) is 2.72. The SMILES string of the molecule is CCOc1cccc(NC(=O)/C(=C/c2ccco2)NC(=O)c2ccccc2C)c1. The molecule has 0 fully saturated rings. The van der Waals surface area contributed by atoms with Gasteiger partial charge in [-0.3, -0.25) is 9.59 Å². The number of carbonyl (C=O) groups is 2. The second kappa shape index (κ2) is 9.41. The summed E-state index contributed by atoms with van der Waals surface area (Å²) < 4.78 is 10.8. The Balaban J connectivity index is 1.84. The summed E-state index contributed by atoms with van der Waals surface area (Å²) in [6.07, 6.45) is 2.98. The van der Waals surface area contributed by atoms with E-state index >= 15 is 0 Å². The number of ether oxygens (including phenoxy) is 1. The molecule has 1 heterocycles. The van der Waals surface area contributed by atoms with E-state index in [1.165, 1.54) is 12.3 Å². The fraction of sp³-hybridized carbons (Fsp3) is 0.130. The summed E-state index contributed by atoms with van der Waals surface area (Å²) in [6, 6.07) is 17.6. The van der Waals surface area contributed by atoms with Gasteiger partial charge < -0.3 is 19.8 Å². The molecule has 2 amide bonds. The lowest BCUT2D eigenvalue weighted by atomic mass is 10.1. The van der Waals surface area contributed by atoms with Crippen LogP contribution in [0, 0.1) is 6.92 Å². The molecule has 0 saturated carbocycles. The first kappa shape index (κ1) is 19.9. The molecule has 0 aliphatic rings. The maximum absolute atomic E-state index is 12.9. The van der Waals surface area contributed by atoms with Crippen molar-refractivity contribution < 1.29 is 18.7 Å². The molecule has 0 aliphatic carbocycles. The van der Waals surface area contributed by atoms with Gasteiger partial charge in [-0.15, -0.1) is 0 Å². The first-order valence-electron chi connectivity index (χ1n) is 9.23. The molecular weight excluding hydrogens is 368 g/mol. The Labute approximate surface area is 169 Å². The topological polar surface area (TPSA) is 80.6 Å². The number of hydrogen-bond acceptors (Lipinski definition) is 4. The van der Waals surface area contributed by atoms with Crippen molar-refractivity contribution >= 4 is 23.6 Å². The molecule has 29 heavy (non-hydrogen) atoms. The van der Waals surface area contributed by atoms with Gasteiger partial charge in [0.2, 0.25) is 0 Å². The summed E-state index contributed by atoms with van der Waals surface area (Å²) in [5.74, 6) is 0.241. The normalized spacial score (nSPS) is 11.0. The maximum Gasteiger partial charge on any atom is 0.272 e. The number of nitrogens with one attached hydrogen (secondary N) is 2. The molecule has 6 nitrogen and oxygen atoms in total. The van der Waals surface area contributed by atoms with Crippen LogP contribution in [0.25, 0.3) is 6.08 Å². The summed E-state index contributed by atoms with van der Waals surface area (Å²) in [5.41, 5.74) is 1.92. The first-order valence-corrected chi connectivity index (χ1v) is 9.23. The molecule has 148 valence electrons. The number of aryl methyl sites for hydroxylation is 1.